The smallest absolute Gasteiger partial charge is 0.0265 e. The van der Waals surface area contributed by atoms with Crippen LogP contribution in [0.4, 0.5) is 0 Å². The van der Waals surface area contributed by atoms with E-state index < -0.39 is 0 Å². The van der Waals surface area contributed by atoms with Crippen LogP contribution in [0.3, 0.4) is 0 Å². The molecule has 0 saturated carbocycles. The van der Waals surface area contributed by atoms with Gasteiger partial charge in [0.25, 0.3) is 0 Å². The van der Waals surface area contributed by atoms with Gasteiger partial charge in [0.05, 0.1) is 0 Å². The Labute approximate surface area is 103 Å². The van der Waals surface area contributed by atoms with Crippen LogP contribution in [0.25, 0.3) is 0 Å². The maximum atomic E-state index is 3.84. The first-order valence-electron chi connectivity index (χ1n) is 6.76. The van der Waals surface area contributed by atoms with Gasteiger partial charge in [-0.1, -0.05) is 39.8 Å². The number of hydrogen-bond donors (Lipinski definition) is 0. The normalized spacial score (nSPS) is 18.5. The van der Waals surface area contributed by atoms with Gasteiger partial charge in [-0.2, -0.15) is 0 Å². The molecule has 0 aromatic heterocycles. The molecule has 4 unspecified atom stereocenters. The maximum absolute atomic E-state index is 3.84. The Morgan fingerprint density at radius 3 is 1.25 bits per heavy atom. The molecule has 16 heavy (non-hydrogen) atoms. The molecule has 0 spiro atoms. The Morgan fingerprint density at radius 1 is 0.688 bits per heavy atom. The minimum Gasteiger partial charge on any atom is -0.103 e. The van der Waals surface area contributed by atoms with Gasteiger partial charge in [0.1, 0.15) is 0 Å². The van der Waals surface area contributed by atoms with Gasteiger partial charge in [-0.3, -0.25) is 0 Å². The molecule has 0 radical (unpaired) electrons. The van der Waals surface area contributed by atoms with E-state index >= 15 is 0 Å². The average molecular weight is 222 g/mol. The van der Waals surface area contributed by atoms with Crippen LogP contribution in [0, 0.1) is 23.7 Å². The molecule has 0 rings (SSSR count). The monoisotopic (exact) mass is 222 g/mol. The molecule has 0 heterocycles. The number of hydrogen-bond acceptors (Lipinski definition) is 0. The van der Waals surface area contributed by atoms with E-state index in [0.29, 0.717) is 11.8 Å². The van der Waals surface area contributed by atoms with Gasteiger partial charge < -0.3 is 0 Å². The first-order chi connectivity index (χ1) is 7.51. The maximum Gasteiger partial charge on any atom is -0.0265 e. The molecule has 0 amide bonds. The van der Waals surface area contributed by atoms with Gasteiger partial charge in [-0.05, 0) is 49.4 Å². The SMILES string of the molecule is C=CC(C)CCC(C)C(C)CCC(C)C=C. The van der Waals surface area contributed by atoms with Crippen molar-refractivity contribution in [3.05, 3.63) is 25.3 Å². The second kappa shape index (κ2) is 8.61. The Balaban J connectivity index is 3.76. The molecular weight excluding hydrogens is 192 g/mol. The van der Waals surface area contributed by atoms with Crippen LogP contribution in [0.5, 0.6) is 0 Å². The molecule has 0 nitrogen and oxygen atoms in total. The summed E-state index contributed by atoms with van der Waals surface area (Å²) < 4.78 is 0. The molecule has 0 aromatic rings. The van der Waals surface area contributed by atoms with E-state index in [1.165, 1.54) is 25.7 Å². The first-order valence-corrected chi connectivity index (χ1v) is 6.76. The van der Waals surface area contributed by atoms with Crippen molar-refractivity contribution in [2.45, 2.75) is 53.4 Å². The van der Waals surface area contributed by atoms with Crippen LogP contribution < -0.4 is 0 Å². The van der Waals surface area contributed by atoms with Crippen molar-refractivity contribution >= 4 is 0 Å². The lowest BCUT2D eigenvalue weighted by atomic mass is 9.84. The van der Waals surface area contributed by atoms with Crippen LogP contribution in [0.15, 0.2) is 25.3 Å². The van der Waals surface area contributed by atoms with Crippen molar-refractivity contribution in [3.8, 4) is 0 Å². The molecule has 0 N–H and O–H groups in total. The molecule has 4 atom stereocenters. The molecule has 0 aliphatic carbocycles. The summed E-state index contributed by atoms with van der Waals surface area (Å²) in [6, 6.07) is 0. The summed E-state index contributed by atoms with van der Waals surface area (Å²) >= 11 is 0. The van der Waals surface area contributed by atoms with E-state index in [1.54, 1.807) is 0 Å². The lowest BCUT2D eigenvalue weighted by Crippen LogP contribution is -2.10. The summed E-state index contributed by atoms with van der Waals surface area (Å²) in [5.41, 5.74) is 0. The highest BCUT2D eigenvalue weighted by Gasteiger charge is 2.13. The van der Waals surface area contributed by atoms with Crippen LogP contribution in [-0.4, -0.2) is 0 Å². The first kappa shape index (κ1) is 15.5. The zero-order valence-electron chi connectivity index (χ0n) is 11.7. The van der Waals surface area contributed by atoms with E-state index in [9.17, 15) is 0 Å². The van der Waals surface area contributed by atoms with Crippen LogP contribution in [0.1, 0.15) is 53.4 Å². The van der Waals surface area contributed by atoms with E-state index in [-0.39, 0.29) is 0 Å². The molecule has 0 fully saturated rings. The summed E-state index contributed by atoms with van der Waals surface area (Å²) in [5, 5.41) is 0. The van der Waals surface area contributed by atoms with E-state index in [2.05, 4.69) is 53.0 Å². The Kier molecular flexibility index (Phi) is 8.33. The highest BCUT2D eigenvalue weighted by Crippen LogP contribution is 2.25. The van der Waals surface area contributed by atoms with Gasteiger partial charge in [-0.25, -0.2) is 0 Å². The average Bonchev–Trinajstić information content (AvgIpc) is 2.31. The largest absolute Gasteiger partial charge is 0.103 e. The van der Waals surface area contributed by atoms with Crippen LogP contribution >= 0.6 is 0 Å². The second-order valence-corrected chi connectivity index (χ2v) is 5.54. The molecule has 0 aliphatic heterocycles. The van der Waals surface area contributed by atoms with Gasteiger partial charge in [0.15, 0.2) is 0 Å². The van der Waals surface area contributed by atoms with E-state index in [0.717, 1.165) is 11.8 Å². The van der Waals surface area contributed by atoms with Crippen LogP contribution in [-0.2, 0) is 0 Å². The molecule has 0 aliphatic rings. The predicted octanol–water partition coefficient (Wildman–Crippen LogP) is 5.46. The summed E-state index contributed by atoms with van der Waals surface area (Å²) in [6.45, 7) is 17.0. The fourth-order valence-electron chi connectivity index (χ4n) is 1.86. The number of rotatable bonds is 9. The lowest BCUT2D eigenvalue weighted by Gasteiger charge is -2.21. The highest BCUT2D eigenvalue weighted by molar-refractivity contribution is 4.78. The van der Waals surface area contributed by atoms with Crippen molar-refractivity contribution in [3.63, 3.8) is 0 Å². The molecular formula is C16H30. The van der Waals surface area contributed by atoms with Crippen molar-refractivity contribution in [1.29, 1.82) is 0 Å². The molecule has 0 bridgehead atoms. The van der Waals surface area contributed by atoms with Gasteiger partial charge in [0, 0.05) is 0 Å². The summed E-state index contributed by atoms with van der Waals surface area (Å²) in [6.07, 6.45) is 9.36. The Bertz CT molecular complexity index is 170. The number of allylic oxidation sites excluding steroid dienone is 2. The van der Waals surface area contributed by atoms with E-state index in [4.69, 9.17) is 0 Å². The zero-order chi connectivity index (χ0) is 12.6. The topological polar surface area (TPSA) is 0 Å². The molecule has 94 valence electrons. The Hall–Kier alpha value is -0.520. The summed E-state index contributed by atoms with van der Waals surface area (Å²) in [7, 11) is 0. The van der Waals surface area contributed by atoms with E-state index in [1.807, 2.05) is 0 Å². The summed E-state index contributed by atoms with van der Waals surface area (Å²) in [4.78, 5) is 0. The predicted molar refractivity (Wildman–Crippen MR) is 75.5 cm³/mol. The van der Waals surface area contributed by atoms with Gasteiger partial charge in [-0.15, -0.1) is 13.2 Å². The zero-order valence-corrected chi connectivity index (χ0v) is 11.7. The fraction of sp³-hybridized carbons (Fsp3) is 0.750. The Morgan fingerprint density at radius 2 is 1.00 bits per heavy atom. The minimum absolute atomic E-state index is 0.668. The third kappa shape index (κ3) is 6.87. The standard InChI is InChI=1S/C16H30/c1-7-13(3)9-11-15(5)16(6)12-10-14(4)8-2/h7-8,13-16H,1-2,9-12H2,3-6H3. The second-order valence-electron chi connectivity index (χ2n) is 5.54. The fourth-order valence-corrected chi connectivity index (χ4v) is 1.86. The van der Waals surface area contributed by atoms with Crippen molar-refractivity contribution in [1.82, 2.24) is 0 Å². The van der Waals surface area contributed by atoms with Crippen molar-refractivity contribution in [2.24, 2.45) is 23.7 Å². The summed E-state index contributed by atoms with van der Waals surface area (Å²) in [5.74, 6) is 3.00. The molecule has 0 saturated heterocycles. The van der Waals surface area contributed by atoms with Gasteiger partial charge >= 0.3 is 0 Å². The quantitative estimate of drug-likeness (QED) is 0.454. The van der Waals surface area contributed by atoms with Crippen molar-refractivity contribution in [2.75, 3.05) is 0 Å². The molecule has 0 aromatic carbocycles. The highest BCUT2D eigenvalue weighted by atomic mass is 14.2. The minimum atomic E-state index is 0.668. The van der Waals surface area contributed by atoms with Crippen LogP contribution in [0.2, 0.25) is 0 Å². The third-order valence-electron chi connectivity index (χ3n) is 3.93. The third-order valence-corrected chi connectivity index (χ3v) is 3.93. The lowest BCUT2D eigenvalue weighted by molar-refractivity contribution is 0.312. The van der Waals surface area contributed by atoms with Crippen molar-refractivity contribution < 1.29 is 0 Å². The van der Waals surface area contributed by atoms with Gasteiger partial charge in [0.2, 0.25) is 0 Å². The molecule has 0 heteroatoms.